The molecular weight excluding hydrogens is 366 g/mol. The number of hydrogen-bond donors (Lipinski definition) is 1. The van der Waals surface area contributed by atoms with Crippen LogP contribution in [0, 0.1) is 0 Å². The van der Waals surface area contributed by atoms with Crippen LogP contribution in [0.3, 0.4) is 0 Å². The Morgan fingerprint density at radius 1 is 1.14 bits per heavy atom. The topological polar surface area (TPSA) is 85.2 Å². The lowest BCUT2D eigenvalue weighted by Gasteiger charge is -2.33. The summed E-state index contributed by atoms with van der Waals surface area (Å²) in [7, 11) is 0. The first-order chi connectivity index (χ1) is 13.9. The van der Waals surface area contributed by atoms with Gasteiger partial charge in [-0.2, -0.15) is 0 Å². The number of carbonyl (C=O) groups excluding carboxylic acids is 1. The van der Waals surface area contributed by atoms with E-state index in [1.165, 1.54) is 31.5 Å². The Morgan fingerprint density at radius 2 is 1.83 bits per heavy atom. The number of benzene rings is 1. The van der Waals surface area contributed by atoms with Crippen LogP contribution in [-0.4, -0.2) is 31.9 Å². The molecule has 1 aromatic carbocycles. The molecule has 1 aromatic heterocycles. The Morgan fingerprint density at radius 3 is 2.34 bits per heavy atom. The van der Waals surface area contributed by atoms with E-state index in [0.717, 1.165) is 19.3 Å². The molecule has 29 heavy (non-hydrogen) atoms. The number of phenols is 1. The van der Waals surface area contributed by atoms with Gasteiger partial charge in [0, 0.05) is 0 Å². The van der Waals surface area contributed by atoms with Crippen molar-refractivity contribution in [1.82, 2.24) is 15.4 Å². The molecular formula is C23H33N3O3. The summed E-state index contributed by atoms with van der Waals surface area (Å²) in [5.74, 6) is 0.650. The van der Waals surface area contributed by atoms with Crippen molar-refractivity contribution in [2.45, 2.75) is 71.8 Å². The SMILES string of the molecule is C=C(C)C(=O)c1ccnnn1.CCCCCC(CC)(CC)Oc1ccccc1O. The summed E-state index contributed by atoms with van der Waals surface area (Å²) < 4.78 is 6.13. The minimum Gasteiger partial charge on any atom is -0.504 e. The van der Waals surface area contributed by atoms with Crippen LogP contribution < -0.4 is 4.74 Å². The second kappa shape index (κ2) is 12.6. The molecule has 0 spiro atoms. The van der Waals surface area contributed by atoms with Gasteiger partial charge in [0.25, 0.3) is 0 Å². The first kappa shape index (κ1) is 24.3. The van der Waals surface area contributed by atoms with Gasteiger partial charge in [-0.3, -0.25) is 4.79 Å². The van der Waals surface area contributed by atoms with Gasteiger partial charge in [0.05, 0.1) is 6.20 Å². The molecule has 0 fully saturated rings. The molecule has 1 heterocycles. The molecule has 6 heteroatoms. The van der Waals surface area contributed by atoms with Crippen molar-refractivity contribution in [2.75, 3.05) is 0 Å². The minimum atomic E-state index is -0.195. The number of allylic oxidation sites excluding steroid dienone is 1. The maximum atomic E-state index is 11.1. The van der Waals surface area contributed by atoms with Crippen molar-refractivity contribution in [3.63, 3.8) is 0 Å². The van der Waals surface area contributed by atoms with E-state index in [0.29, 0.717) is 11.3 Å². The van der Waals surface area contributed by atoms with Crippen molar-refractivity contribution in [3.8, 4) is 11.5 Å². The fraction of sp³-hybridized carbons (Fsp3) is 0.478. The van der Waals surface area contributed by atoms with Gasteiger partial charge < -0.3 is 9.84 Å². The highest BCUT2D eigenvalue weighted by Gasteiger charge is 2.28. The molecule has 0 amide bonds. The number of aromatic nitrogens is 3. The Bertz CT molecular complexity index is 759. The molecule has 2 aromatic rings. The molecule has 0 aliphatic heterocycles. The average molecular weight is 400 g/mol. The maximum Gasteiger partial charge on any atom is 0.208 e. The number of ketones is 1. The van der Waals surface area contributed by atoms with Crippen molar-refractivity contribution in [3.05, 3.63) is 54.4 Å². The highest BCUT2D eigenvalue weighted by Crippen LogP contribution is 2.34. The number of aromatic hydroxyl groups is 1. The van der Waals surface area contributed by atoms with Gasteiger partial charge in [-0.05, 0) is 61.6 Å². The number of hydrogen-bond acceptors (Lipinski definition) is 6. The van der Waals surface area contributed by atoms with E-state index in [1.54, 1.807) is 13.0 Å². The molecule has 0 unspecified atom stereocenters. The third kappa shape index (κ3) is 8.02. The largest absolute Gasteiger partial charge is 0.504 e. The van der Waals surface area contributed by atoms with Gasteiger partial charge in [-0.1, -0.05) is 52.3 Å². The third-order valence-corrected chi connectivity index (χ3v) is 4.84. The Hall–Kier alpha value is -2.76. The summed E-state index contributed by atoms with van der Waals surface area (Å²) >= 11 is 0. The first-order valence-corrected chi connectivity index (χ1v) is 10.2. The van der Waals surface area contributed by atoms with E-state index >= 15 is 0 Å². The number of ether oxygens (including phenoxy) is 1. The van der Waals surface area contributed by atoms with E-state index in [9.17, 15) is 9.90 Å². The second-order valence-corrected chi connectivity index (χ2v) is 7.03. The van der Waals surface area contributed by atoms with Crippen LogP contribution in [0.2, 0.25) is 0 Å². The molecule has 0 radical (unpaired) electrons. The summed E-state index contributed by atoms with van der Waals surface area (Å²) in [6.07, 6.45) is 8.08. The minimum absolute atomic E-state index is 0.131. The van der Waals surface area contributed by atoms with Gasteiger partial charge in [-0.15, -0.1) is 10.2 Å². The van der Waals surface area contributed by atoms with Gasteiger partial charge in [0.15, 0.2) is 11.5 Å². The monoisotopic (exact) mass is 399 g/mol. The molecule has 0 aliphatic rings. The highest BCUT2D eigenvalue weighted by atomic mass is 16.5. The van der Waals surface area contributed by atoms with E-state index in [1.807, 2.05) is 18.2 Å². The predicted octanol–water partition coefficient (Wildman–Crippen LogP) is 5.54. The Kier molecular flexibility index (Phi) is 10.6. The molecule has 0 saturated heterocycles. The summed E-state index contributed by atoms with van der Waals surface area (Å²) in [5, 5.41) is 20.1. The number of para-hydroxylation sites is 2. The zero-order chi connectivity index (χ0) is 21.7. The van der Waals surface area contributed by atoms with Crippen LogP contribution in [0.5, 0.6) is 11.5 Å². The number of nitrogens with zero attached hydrogens (tertiary/aromatic N) is 3. The van der Waals surface area contributed by atoms with Gasteiger partial charge >= 0.3 is 0 Å². The van der Waals surface area contributed by atoms with E-state index in [4.69, 9.17) is 4.74 Å². The summed E-state index contributed by atoms with van der Waals surface area (Å²) in [6, 6.07) is 8.74. The molecule has 6 nitrogen and oxygen atoms in total. The lowest BCUT2D eigenvalue weighted by molar-refractivity contribution is 0.0456. The lowest BCUT2D eigenvalue weighted by Crippen LogP contribution is -2.34. The molecule has 158 valence electrons. The van der Waals surface area contributed by atoms with Crippen molar-refractivity contribution < 1.29 is 14.6 Å². The molecule has 0 bridgehead atoms. The van der Waals surface area contributed by atoms with Crippen LogP contribution in [0.1, 0.15) is 76.7 Å². The quantitative estimate of drug-likeness (QED) is 0.321. The molecule has 1 N–H and O–H groups in total. The average Bonchev–Trinajstić information content (AvgIpc) is 2.75. The second-order valence-electron chi connectivity index (χ2n) is 7.03. The van der Waals surface area contributed by atoms with Crippen LogP contribution in [0.4, 0.5) is 0 Å². The lowest BCUT2D eigenvalue weighted by atomic mass is 9.90. The van der Waals surface area contributed by atoms with Crippen LogP contribution in [0.25, 0.3) is 0 Å². The molecule has 0 aliphatic carbocycles. The number of carbonyl (C=O) groups is 1. The fourth-order valence-corrected chi connectivity index (χ4v) is 2.85. The molecule has 2 rings (SSSR count). The van der Waals surface area contributed by atoms with Crippen molar-refractivity contribution in [2.24, 2.45) is 0 Å². The van der Waals surface area contributed by atoms with Crippen LogP contribution >= 0.6 is 0 Å². The number of unbranched alkanes of at least 4 members (excludes halogenated alkanes) is 2. The van der Waals surface area contributed by atoms with Crippen LogP contribution in [0.15, 0.2) is 48.7 Å². The fourth-order valence-electron chi connectivity index (χ4n) is 2.85. The third-order valence-electron chi connectivity index (χ3n) is 4.84. The summed E-state index contributed by atoms with van der Waals surface area (Å²) in [4.78, 5) is 11.1. The smallest absolute Gasteiger partial charge is 0.208 e. The number of rotatable bonds is 10. The van der Waals surface area contributed by atoms with Gasteiger partial charge in [0.1, 0.15) is 11.3 Å². The van der Waals surface area contributed by atoms with E-state index in [-0.39, 0.29) is 22.8 Å². The predicted molar refractivity (Wildman–Crippen MR) is 115 cm³/mol. The zero-order valence-electron chi connectivity index (χ0n) is 18.0. The van der Waals surface area contributed by atoms with E-state index < -0.39 is 0 Å². The van der Waals surface area contributed by atoms with E-state index in [2.05, 4.69) is 42.8 Å². The molecule has 0 saturated carbocycles. The first-order valence-electron chi connectivity index (χ1n) is 10.2. The standard InChI is InChI=1S/C16H26O2.C7H7N3O/c1-4-7-10-13-16(5-2,6-3)18-15-12-9-8-11-14(15)17;1-5(2)7(11)6-3-4-8-10-9-6/h8-9,11-12,17H,4-7,10,13H2,1-3H3;3-4H,1H2,2H3. The van der Waals surface area contributed by atoms with Crippen molar-refractivity contribution >= 4 is 5.78 Å². The summed E-state index contributed by atoms with van der Waals surface area (Å²) in [5.41, 5.74) is 0.603. The van der Waals surface area contributed by atoms with Crippen molar-refractivity contribution in [1.29, 1.82) is 0 Å². The summed E-state index contributed by atoms with van der Waals surface area (Å²) in [6.45, 7) is 11.7. The molecule has 0 atom stereocenters. The Balaban J connectivity index is 0.000000326. The van der Waals surface area contributed by atoms with Crippen LogP contribution in [-0.2, 0) is 0 Å². The maximum absolute atomic E-state index is 11.1. The number of phenolic OH excluding ortho intramolecular Hbond substituents is 1. The number of Topliss-reactive ketones (excluding diaryl/α,β-unsaturated/α-hetero) is 1. The zero-order valence-corrected chi connectivity index (χ0v) is 18.0. The highest BCUT2D eigenvalue weighted by molar-refractivity contribution is 6.06. The normalized spacial score (nSPS) is 10.6. The van der Waals surface area contributed by atoms with Gasteiger partial charge in [0.2, 0.25) is 5.78 Å². The Labute approximate surface area is 174 Å². The van der Waals surface area contributed by atoms with Gasteiger partial charge in [-0.25, -0.2) is 0 Å².